The van der Waals surface area contributed by atoms with E-state index in [1.165, 1.54) is 25.9 Å². The molecule has 2 nitrogen and oxygen atoms in total. The van der Waals surface area contributed by atoms with Gasteiger partial charge < -0.3 is 10.2 Å². The van der Waals surface area contributed by atoms with E-state index in [9.17, 15) is 0 Å². The van der Waals surface area contributed by atoms with Gasteiger partial charge in [0.1, 0.15) is 0 Å². The molecule has 0 amide bonds. The van der Waals surface area contributed by atoms with Crippen LogP contribution < -0.4 is 5.32 Å². The van der Waals surface area contributed by atoms with Crippen molar-refractivity contribution in [3.63, 3.8) is 0 Å². The number of rotatable bonds is 3. The summed E-state index contributed by atoms with van der Waals surface area (Å²) in [6, 6.07) is 0.806. The quantitative estimate of drug-likeness (QED) is 0.623. The van der Waals surface area contributed by atoms with E-state index in [2.05, 4.69) is 24.2 Å². The summed E-state index contributed by atoms with van der Waals surface area (Å²) in [5, 5.41) is 3.38. The molecule has 0 saturated carbocycles. The van der Waals surface area contributed by atoms with Crippen LogP contribution in [0.4, 0.5) is 0 Å². The number of likely N-dealkylation sites (tertiary alicyclic amines) is 1. The molecule has 1 atom stereocenters. The number of nitrogens with one attached hydrogen (secondary N) is 1. The highest BCUT2D eigenvalue weighted by atomic mass is 15.2. The van der Waals surface area contributed by atoms with Gasteiger partial charge in [-0.05, 0) is 33.0 Å². The standard InChI is InChI=1S/C8H18N2/c1-3-9-7-8-5-4-6-10(8)2/h8-9H,3-7H2,1-2H3/t8-/m0/s1. The summed E-state index contributed by atoms with van der Waals surface area (Å²) in [6.07, 6.45) is 2.76. The fourth-order valence-corrected chi connectivity index (χ4v) is 1.55. The molecule has 0 aromatic carbocycles. The number of nitrogens with zero attached hydrogens (tertiary/aromatic N) is 1. The van der Waals surface area contributed by atoms with E-state index in [0.717, 1.165) is 12.6 Å². The van der Waals surface area contributed by atoms with Crippen LogP contribution in [0.5, 0.6) is 0 Å². The molecule has 1 fully saturated rings. The lowest BCUT2D eigenvalue weighted by Crippen LogP contribution is -2.35. The minimum atomic E-state index is 0.806. The Morgan fingerprint density at radius 3 is 2.90 bits per heavy atom. The van der Waals surface area contributed by atoms with Crippen molar-refractivity contribution in [3.05, 3.63) is 0 Å². The molecule has 1 aliphatic heterocycles. The van der Waals surface area contributed by atoms with E-state index in [1.54, 1.807) is 0 Å². The third-order valence-electron chi connectivity index (χ3n) is 2.30. The van der Waals surface area contributed by atoms with E-state index >= 15 is 0 Å². The zero-order valence-electron chi connectivity index (χ0n) is 7.06. The molecular formula is C8H18N2. The van der Waals surface area contributed by atoms with Gasteiger partial charge in [-0.1, -0.05) is 6.92 Å². The van der Waals surface area contributed by atoms with Gasteiger partial charge >= 0.3 is 0 Å². The molecule has 0 unspecified atom stereocenters. The molecule has 1 aliphatic rings. The monoisotopic (exact) mass is 142 g/mol. The Balaban J connectivity index is 2.14. The zero-order chi connectivity index (χ0) is 7.40. The number of likely N-dealkylation sites (N-methyl/N-ethyl adjacent to an activating group) is 2. The van der Waals surface area contributed by atoms with Gasteiger partial charge in [0.25, 0.3) is 0 Å². The Bertz CT molecular complexity index is 93.3. The first kappa shape index (κ1) is 8.02. The summed E-state index contributed by atoms with van der Waals surface area (Å²) in [4.78, 5) is 2.45. The van der Waals surface area contributed by atoms with Crippen molar-refractivity contribution in [2.75, 3.05) is 26.7 Å². The topological polar surface area (TPSA) is 15.3 Å². The summed E-state index contributed by atoms with van der Waals surface area (Å²) in [5.74, 6) is 0. The normalized spacial score (nSPS) is 27.6. The summed E-state index contributed by atoms with van der Waals surface area (Å²) in [6.45, 7) is 5.72. The molecule has 10 heavy (non-hydrogen) atoms. The van der Waals surface area contributed by atoms with Crippen molar-refractivity contribution in [1.29, 1.82) is 0 Å². The molecule has 60 valence electrons. The molecule has 2 heteroatoms. The minimum Gasteiger partial charge on any atom is -0.315 e. The van der Waals surface area contributed by atoms with Crippen LogP contribution in [0.3, 0.4) is 0 Å². The van der Waals surface area contributed by atoms with Crippen LogP contribution in [0, 0.1) is 0 Å². The first-order valence-electron chi connectivity index (χ1n) is 4.25. The Hall–Kier alpha value is -0.0800. The molecular weight excluding hydrogens is 124 g/mol. The highest BCUT2D eigenvalue weighted by Gasteiger charge is 2.19. The van der Waals surface area contributed by atoms with E-state index in [0.29, 0.717) is 0 Å². The van der Waals surface area contributed by atoms with Crippen LogP contribution in [0.15, 0.2) is 0 Å². The van der Waals surface area contributed by atoms with Crippen molar-refractivity contribution in [1.82, 2.24) is 10.2 Å². The van der Waals surface area contributed by atoms with Crippen LogP contribution in [-0.2, 0) is 0 Å². The SMILES string of the molecule is CCNC[C@@H]1CCCN1C. The molecule has 0 spiro atoms. The maximum atomic E-state index is 3.38. The second-order valence-corrected chi connectivity index (χ2v) is 3.08. The fraction of sp³-hybridized carbons (Fsp3) is 1.00. The summed E-state index contributed by atoms with van der Waals surface area (Å²) in [7, 11) is 2.22. The molecule has 0 radical (unpaired) electrons. The predicted molar refractivity (Wildman–Crippen MR) is 44.2 cm³/mol. The molecule has 1 heterocycles. The van der Waals surface area contributed by atoms with Crippen LogP contribution in [0.2, 0.25) is 0 Å². The number of hydrogen-bond donors (Lipinski definition) is 1. The van der Waals surface area contributed by atoms with Crippen molar-refractivity contribution in [2.24, 2.45) is 0 Å². The lowest BCUT2D eigenvalue weighted by molar-refractivity contribution is 0.302. The van der Waals surface area contributed by atoms with Gasteiger partial charge in [-0.2, -0.15) is 0 Å². The first-order valence-corrected chi connectivity index (χ1v) is 4.25. The first-order chi connectivity index (χ1) is 4.84. The molecule has 0 aromatic heterocycles. The van der Waals surface area contributed by atoms with E-state index in [1.807, 2.05) is 0 Å². The van der Waals surface area contributed by atoms with Gasteiger partial charge in [-0.25, -0.2) is 0 Å². The van der Waals surface area contributed by atoms with Crippen LogP contribution in [0.1, 0.15) is 19.8 Å². The molecule has 0 aromatic rings. The third kappa shape index (κ3) is 1.96. The summed E-state index contributed by atoms with van der Waals surface area (Å²) >= 11 is 0. The average molecular weight is 142 g/mol. The largest absolute Gasteiger partial charge is 0.315 e. The Morgan fingerprint density at radius 2 is 2.40 bits per heavy atom. The predicted octanol–water partition coefficient (Wildman–Crippen LogP) is 0.690. The number of hydrogen-bond acceptors (Lipinski definition) is 2. The second-order valence-electron chi connectivity index (χ2n) is 3.08. The maximum Gasteiger partial charge on any atom is 0.0218 e. The van der Waals surface area contributed by atoms with Crippen LogP contribution in [0.25, 0.3) is 0 Å². The zero-order valence-corrected chi connectivity index (χ0v) is 7.06. The van der Waals surface area contributed by atoms with Gasteiger partial charge in [0.15, 0.2) is 0 Å². The minimum absolute atomic E-state index is 0.806. The van der Waals surface area contributed by atoms with Crippen molar-refractivity contribution in [2.45, 2.75) is 25.8 Å². The Kier molecular flexibility index (Phi) is 3.16. The lowest BCUT2D eigenvalue weighted by Gasteiger charge is -2.18. The lowest BCUT2D eigenvalue weighted by atomic mass is 10.2. The van der Waals surface area contributed by atoms with Gasteiger partial charge in [-0.3, -0.25) is 0 Å². The average Bonchev–Trinajstić information content (AvgIpc) is 2.31. The Labute approximate surface area is 63.6 Å². The van der Waals surface area contributed by atoms with Crippen molar-refractivity contribution < 1.29 is 0 Å². The molecule has 1 saturated heterocycles. The van der Waals surface area contributed by atoms with Crippen LogP contribution >= 0.6 is 0 Å². The second kappa shape index (κ2) is 3.94. The van der Waals surface area contributed by atoms with Crippen LogP contribution in [-0.4, -0.2) is 37.6 Å². The third-order valence-corrected chi connectivity index (χ3v) is 2.30. The van der Waals surface area contributed by atoms with Crippen molar-refractivity contribution in [3.8, 4) is 0 Å². The molecule has 0 bridgehead atoms. The van der Waals surface area contributed by atoms with Gasteiger partial charge in [0, 0.05) is 12.6 Å². The fourth-order valence-electron chi connectivity index (χ4n) is 1.55. The van der Waals surface area contributed by atoms with E-state index in [-0.39, 0.29) is 0 Å². The molecule has 1 rings (SSSR count). The van der Waals surface area contributed by atoms with Gasteiger partial charge in [0.05, 0.1) is 0 Å². The smallest absolute Gasteiger partial charge is 0.0218 e. The van der Waals surface area contributed by atoms with Gasteiger partial charge in [0.2, 0.25) is 0 Å². The Morgan fingerprint density at radius 1 is 1.60 bits per heavy atom. The highest BCUT2D eigenvalue weighted by molar-refractivity contribution is 4.77. The van der Waals surface area contributed by atoms with E-state index in [4.69, 9.17) is 0 Å². The van der Waals surface area contributed by atoms with Gasteiger partial charge in [-0.15, -0.1) is 0 Å². The summed E-state index contributed by atoms with van der Waals surface area (Å²) < 4.78 is 0. The molecule has 1 N–H and O–H groups in total. The highest BCUT2D eigenvalue weighted by Crippen LogP contribution is 2.12. The molecule has 0 aliphatic carbocycles. The van der Waals surface area contributed by atoms with Crippen molar-refractivity contribution >= 4 is 0 Å². The maximum absolute atomic E-state index is 3.38. The van der Waals surface area contributed by atoms with E-state index < -0.39 is 0 Å². The summed E-state index contributed by atoms with van der Waals surface area (Å²) in [5.41, 5.74) is 0.